The predicted molar refractivity (Wildman–Crippen MR) is 97.2 cm³/mol. The highest BCUT2D eigenvalue weighted by molar-refractivity contribution is 7.50. The van der Waals surface area contributed by atoms with Crippen molar-refractivity contribution in [1.29, 1.82) is 0 Å². The molecule has 0 amide bonds. The number of nitrogens with one attached hydrogen (secondary N) is 1. The molecule has 0 saturated carbocycles. The van der Waals surface area contributed by atoms with Crippen molar-refractivity contribution in [3.05, 3.63) is 12.7 Å². The minimum atomic E-state index is -4.55. The zero-order valence-corrected chi connectivity index (χ0v) is 16.1. The molecular formula is C14H23N6O8P. The molecule has 15 heteroatoms. The smallest absolute Gasteiger partial charge is 0.394 e. The number of nitrogens with two attached hydrogens (primary N) is 1. The topological polar surface area (TPSA) is 218 Å². The van der Waals surface area contributed by atoms with Crippen LogP contribution in [0.4, 0.5) is 5.82 Å². The Labute approximate surface area is 164 Å². The highest BCUT2D eigenvalue weighted by Crippen LogP contribution is 2.41. The number of hydrogen-bond acceptors (Lipinski definition) is 11. The third-order valence-corrected chi connectivity index (χ3v) is 5.86. The lowest BCUT2D eigenvalue weighted by atomic mass is 10.1. The number of nitrogen functional groups attached to an aromatic ring is 1. The zero-order valence-electron chi connectivity index (χ0n) is 15.2. The van der Waals surface area contributed by atoms with Gasteiger partial charge in [0.1, 0.15) is 24.2 Å². The number of rotatable bonds is 9. The van der Waals surface area contributed by atoms with Gasteiger partial charge in [-0.25, -0.2) is 24.6 Å². The van der Waals surface area contributed by atoms with Gasteiger partial charge in [0, 0.05) is 6.42 Å². The summed E-state index contributed by atoms with van der Waals surface area (Å²) < 4.78 is 24.4. The fourth-order valence-corrected chi connectivity index (χ4v) is 4.10. The maximum Gasteiger partial charge on any atom is 0.403 e. The molecule has 0 bridgehead atoms. The highest BCUT2D eigenvalue weighted by Gasteiger charge is 2.40. The van der Waals surface area contributed by atoms with Gasteiger partial charge in [-0.05, 0) is 0 Å². The van der Waals surface area contributed by atoms with Crippen molar-refractivity contribution in [2.75, 3.05) is 32.2 Å². The zero-order chi connectivity index (χ0) is 21.2. The largest absolute Gasteiger partial charge is 0.403 e. The third-order valence-electron chi connectivity index (χ3n) is 4.60. The van der Waals surface area contributed by atoms with Gasteiger partial charge in [-0.1, -0.05) is 0 Å². The van der Waals surface area contributed by atoms with Crippen LogP contribution in [0.15, 0.2) is 12.7 Å². The van der Waals surface area contributed by atoms with Crippen LogP contribution in [0, 0.1) is 0 Å². The van der Waals surface area contributed by atoms with Gasteiger partial charge in [0.2, 0.25) is 0 Å². The quantitative estimate of drug-likeness (QED) is 0.203. The summed E-state index contributed by atoms with van der Waals surface area (Å²) in [4.78, 5) is 22.0. The summed E-state index contributed by atoms with van der Waals surface area (Å²) in [7, 11) is -4.55. The lowest BCUT2D eigenvalue weighted by molar-refractivity contribution is -0.0411. The molecule has 4 atom stereocenters. The van der Waals surface area contributed by atoms with Crippen LogP contribution in [0.5, 0.6) is 0 Å². The molecule has 2 aromatic heterocycles. The summed E-state index contributed by atoms with van der Waals surface area (Å²) in [6, 6.07) is 0. The molecule has 0 aromatic carbocycles. The minimum absolute atomic E-state index is 0.139. The van der Waals surface area contributed by atoms with E-state index in [0.717, 1.165) is 0 Å². The van der Waals surface area contributed by atoms with Gasteiger partial charge >= 0.3 is 7.75 Å². The number of aliphatic hydroxyl groups excluding tert-OH is 4. The van der Waals surface area contributed by atoms with E-state index in [2.05, 4.69) is 15.0 Å². The first-order valence-corrected chi connectivity index (χ1v) is 10.2. The second-order valence-electron chi connectivity index (χ2n) is 6.70. The van der Waals surface area contributed by atoms with E-state index >= 15 is 0 Å². The Morgan fingerprint density at radius 2 is 2.00 bits per heavy atom. The average molecular weight is 434 g/mol. The van der Waals surface area contributed by atoms with Crippen LogP contribution in [-0.4, -0.2) is 89.0 Å². The van der Waals surface area contributed by atoms with Crippen LogP contribution in [0.25, 0.3) is 11.2 Å². The van der Waals surface area contributed by atoms with Crippen molar-refractivity contribution in [2.45, 2.75) is 30.4 Å². The van der Waals surface area contributed by atoms with Crippen molar-refractivity contribution in [1.82, 2.24) is 24.6 Å². The molecule has 8 N–H and O–H groups in total. The maximum atomic E-state index is 12.2. The number of hydrogen-bond donors (Lipinski definition) is 7. The number of aromatic nitrogens is 4. The predicted octanol–water partition coefficient (Wildman–Crippen LogP) is -2.52. The van der Waals surface area contributed by atoms with Crippen LogP contribution in [0.1, 0.15) is 12.6 Å². The fraction of sp³-hybridized carbons (Fsp3) is 0.643. The SMILES string of the molecule is Nc1ncnc2c1ncn2[C@H]1CC(O)[C@@H](COP(=O)(O)NC(CO)(CO)CO)O1. The Bertz CT molecular complexity index is 884. The van der Waals surface area contributed by atoms with Gasteiger partial charge in [-0.15, -0.1) is 0 Å². The van der Waals surface area contributed by atoms with E-state index in [1.54, 1.807) is 4.57 Å². The molecule has 0 aliphatic carbocycles. The number of aliphatic hydroxyl groups is 4. The molecule has 3 rings (SSSR count). The van der Waals surface area contributed by atoms with Gasteiger partial charge in [-0.3, -0.25) is 9.09 Å². The molecule has 0 spiro atoms. The summed E-state index contributed by atoms with van der Waals surface area (Å²) in [6.07, 6.45) is 0.203. The van der Waals surface area contributed by atoms with Crippen molar-refractivity contribution >= 4 is 24.7 Å². The maximum absolute atomic E-state index is 12.2. The van der Waals surface area contributed by atoms with Crippen molar-refractivity contribution in [3.63, 3.8) is 0 Å². The molecule has 162 valence electrons. The monoisotopic (exact) mass is 434 g/mol. The molecule has 3 heterocycles. The Morgan fingerprint density at radius 3 is 2.66 bits per heavy atom. The summed E-state index contributed by atoms with van der Waals surface area (Å²) >= 11 is 0. The summed E-state index contributed by atoms with van der Waals surface area (Å²) in [5.41, 5.74) is 4.72. The van der Waals surface area contributed by atoms with E-state index in [1.165, 1.54) is 12.7 Å². The molecule has 2 aromatic rings. The van der Waals surface area contributed by atoms with Crippen LogP contribution in [0.3, 0.4) is 0 Å². The highest BCUT2D eigenvalue weighted by atomic mass is 31.2. The molecule has 1 aliphatic rings. The number of ether oxygens (including phenoxy) is 1. The Kier molecular flexibility index (Phi) is 6.48. The Balaban J connectivity index is 1.65. The van der Waals surface area contributed by atoms with Gasteiger partial charge in [0.15, 0.2) is 11.5 Å². The van der Waals surface area contributed by atoms with Gasteiger partial charge in [-0.2, -0.15) is 0 Å². The Hall–Kier alpha value is -1.74. The number of imidazole rings is 1. The third kappa shape index (κ3) is 4.55. The van der Waals surface area contributed by atoms with E-state index in [1.807, 2.05) is 5.09 Å². The first-order chi connectivity index (χ1) is 13.7. The molecule has 1 aliphatic heterocycles. The number of nitrogens with zero attached hydrogens (tertiary/aromatic N) is 4. The molecule has 14 nitrogen and oxygen atoms in total. The first kappa shape index (κ1) is 22.0. The Morgan fingerprint density at radius 1 is 1.31 bits per heavy atom. The molecule has 2 unspecified atom stereocenters. The van der Waals surface area contributed by atoms with E-state index in [9.17, 15) is 29.9 Å². The number of anilines is 1. The molecule has 1 fully saturated rings. The molecular weight excluding hydrogens is 411 g/mol. The standard InChI is InChI=1S/C14H23N6O8P/c15-12-11-13(17-6-16-12)20(7-18-11)10-1-8(24)9(28-10)2-27-29(25,26)19-14(3-21,4-22)5-23/h6-10,21-24H,1-5H2,(H2,15,16,17)(H2,19,25,26)/t8?,9-,10-/m1/s1. The summed E-state index contributed by atoms with van der Waals surface area (Å²) in [5, 5.41) is 40.0. The minimum Gasteiger partial charge on any atom is -0.394 e. The summed E-state index contributed by atoms with van der Waals surface area (Å²) in [6.45, 7) is -2.90. The lowest BCUT2D eigenvalue weighted by Gasteiger charge is -2.30. The summed E-state index contributed by atoms with van der Waals surface area (Å²) in [5.74, 6) is 0.194. The number of fused-ring (bicyclic) bond motifs is 1. The van der Waals surface area contributed by atoms with Crippen LogP contribution in [0.2, 0.25) is 0 Å². The van der Waals surface area contributed by atoms with E-state index in [-0.39, 0.29) is 12.2 Å². The lowest BCUT2D eigenvalue weighted by Crippen LogP contribution is -2.53. The van der Waals surface area contributed by atoms with Gasteiger partial charge < -0.3 is 35.8 Å². The van der Waals surface area contributed by atoms with Crippen LogP contribution in [-0.2, 0) is 13.8 Å². The van der Waals surface area contributed by atoms with Crippen molar-refractivity contribution < 1.29 is 39.1 Å². The van der Waals surface area contributed by atoms with E-state index in [4.69, 9.17) is 15.0 Å². The van der Waals surface area contributed by atoms with Gasteiger partial charge in [0.25, 0.3) is 0 Å². The van der Waals surface area contributed by atoms with Crippen LogP contribution >= 0.6 is 7.75 Å². The average Bonchev–Trinajstić information content (AvgIpc) is 3.29. The molecule has 0 radical (unpaired) electrons. The fourth-order valence-electron chi connectivity index (χ4n) is 2.88. The second-order valence-corrected chi connectivity index (χ2v) is 8.22. The normalized spacial score (nSPS) is 24.8. The van der Waals surface area contributed by atoms with Crippen molar-refractivity contribution in [3.8, 4) is 0 Å². The van der Waals surface area contributed by atoms with Gasteiger partial charge in [0.05, 0.1) is 44.4 Å². The van der Waals surface area contributed by atoms with Crippen LogP contribution < -0.4 is 10.8 Å². The molecule has 29 heavy (non-hydrogen) atoms. The van der Waals surface area contributed by atoms with E-state index < -0.39 is 58.1 Å². The second kappa shape index (κ2) is 8.55. The first-order valence-electron chi connectivity index (χ1n) is 8.60. The van der Waals surface area contributed by atoms with E-state index in [0.29, 0.717) is 11.2 Å². The van der Waals surface area contributed by atoms with Crippen molar-refractivity contribution in [2.24, 2.45) is 0 Å². The molecule has 1 saturated heterocycles.